The summed E-state index contributed by atoms with van der Waals surface area (Å²) in [6.07, 6.45) is 7.03. The summed E-state index contributed by atoms with van der Waals surface area (Å²) in [7, 11) is 1.87. The normalized spacial score (nSPS) is 30.6. The summed E-state index contributed by atoms with van der Waals surface area (Å²) in [6, 6.07) is 4.91. The molecule has 3 atom stereocenters. The standard InChI is InChI=1S/C18H27N3OS.HI/c1-12-5-6-13(23-12)11-20-17(19-2)21-15-14-7-10-22-16(14)18(15)8-3-4-9-18;/h5-6,14-16H,3-4,7-11H2,1-2H3,(H2,19,20,21);1H. The van der Waals surface area contributed by atoms with Gasteiger partial charge in [-0.3, -0.25) is 4.99 Å². The lowest BCUT2D eigenvalue weighted by atomic mass is 9.54. The Morgan fingerprint density at radius 1 is 1.38 bits per heavy atom. The fourth-order valence-corrected chi connectivity index (χ4v) is 5.83. The van der Waals surface area contributed by atoms with Crippen LogP contribution in [0.25, 0.3) is 0 Å². The molecule has 4 nitrogen and oxygen atoms in total. The van der Waals surface area contributed by atoms with Crippen molar-refractivity contribution in [3.05, 3.63) is 21.9 Å². The van der Waals surface area contributed by atoms with Crippen LogP contribution in [0.1, 0.15) is 41.9 Å². The topological polar surface area (TPSA) is 45.7 Å². The van der Waals surface area contributed by atoms with E-state index >= 15 is 0 Å². The molecule has 2 saturated carbocycles. The zero-order valence-electron chi connectivity index (χ0n) is 14.5. The van der Waals surface area contributed by atoms with Crippen LogP contribution < -0.4 is 10.6 Å². The number of aliphatic imine (C=N–C) groups is 1. The summed E-state index contributed by atoms with van der Waals surface area (Å²) >= 11 is 1.85. The van der Waals surface area contributed by atoms with Crippen LogP contribution in [0.5, 0.6) is 0 Å². The van der Waals surface area contributed by atoms with E-state index in [9.17, 15) is 0 Å². The maximum absolute atomic E-state index is 6.07. The molecule has 1 spiro atoms. The fraction of sp³-hybridized carbons (Fsp3) is 0.722. The molecule has 24 heavy (non-hydrogen) atoms. The highest BCUT2D eigenvalue weighted by atomic mass is 127. The van der Waals surface area contributed by atoms with E-state index in [1.165, 1.54) is 41.9 Å². The first-order valence-electron chi connectivity index (χ1n) is 8.87. The van der Waals surface area contributed by atoms with Crippen LogP contribution in [-0.4, -0.2) is 31.8 Å². The van der Waals surface area contributed by atoms with Crippen LogP contribution in [-0.2, 0) is 11.3 Å². The third kappa shape index (κ3) is 3.09. The summed E-state index contributed by atoms with van der Waals surface area (Å²) in [5.41, 5.74) is 0.373. The number of rotatable bonds is 3. The molecule has 1 aliphatic heterocycles. The summed E-state index contributed by atoms with van der Waals surface area (Å²) in [4.78, 5) is 7.18. The molecule has 4 rings (SSSR count). The summed E-state index contributed by atoms with van der Waals surface area (Å²) in [5.74, 6) is 1.62. The minimum absolute atomic E-state index is 0. The molecule has 1 aromatic heterocycles. The van der Waals surface area contributed by atoms with Gasteiger partial charge in [-0.15, -0.1) is 35.3 Å². The Balaban J connectivity index is 0.00000169. The van der Waals surface area contributed by atoms with Gasteiger partial charge < -0.3 is 15.4 Å². The van der Waals surface area contributed by atoms with Gasteiger partial charge in [0, 0.05) is 40.8 Å². The van der Waals surface area contributed by atoms with Gasteiger partial charge in [-0.1, -0.05) is 12.8 Å². The number of hydrogen-bond donors (Lipinski definition) is 2. The van der Waals surface area contributed by atoms with Gasteiger partial charge in [0.2, 0.25) is 0 Å². The Morgan fingerprint density at radius 2 is 2.17 bits per heavy atom. The lowest BCUT2D eigenvalue weighted by molar-refractivity contribution is -0.125. The van der Waals surface area contributed by atoms with Gasteiger partial charge in [0.25, 0.3) is 0 Å². The molecule has 2 N–H and O–H groups in total. The van der Waals surface area contributed by atoms with E-state index < -0.39 is 0 Å². The van der Waals surface area contributed by atoms with Crippen molar-refractivity contribution in [2.75, 3.05) is 13.7 Å². The van der Waals surface area contributed by atoms with Gasteiger partial charge in [-0.2, -0.15) is 0 Å². The molecule has 3 fully saturated rings. The van der Waals surface area contributed by atoms with Crippen LogP contribution >= 0.6 is 35.3 Å². The number of aryl methyl sites for hydroxylation is 1. The first-order chi connectivity index (χ1) is 11.2. The van der Waals surface area contributed by atoms with Gasteiger partial charge >= 0.3 is 0 Å². The van der Waals surface area contributed by atoms with Crippen molar-refractivity contribution in [2.24, 2.45) is 16.3 Å². The molecular formula is C18H28IN3OS. The third-order valence-corrected chi connectivity index (χ3v) is 7.03. The number of nitrogens with one attached hydrogen (secondary N) is 2. The largest absolute Gasteiger partial charge is 0.377 e. The van der Waals surface area contributed by atoms with E-state index in [1.807, 2.05) is 18.4 Å². The minimum atomic E-state index is 0. The first-order valence-corrected chi connectivity index (χ1v) is 9.69. The predicted octanol–water partition coefficient (Wildman–Crippen LogP) is 3.69. The highest BCUT2D eigenvalue weighted by Crippen LogP contribution is 2.60. The van der Waals surface area contributed by atoms with E-state index in [-0.39, 0.29) is 24.0 Å². The number of halogens is 1. The number of guanidine groups is 1. The van der Waals surface area contributed by atoms with E-state index in [2.05, 4.69) is 34.7 Å². The SMILES string of the molecule is CN=C(NCc1ccc(C)s1)NC1C2CCOC2C12CCCC2.I. The predicted molar refractivity (Wildman–Crippen MR) is 110 cm³/mol. The van der Waals surface area contributed by atoms with Crippen molar-refractivity contribution < 1.29 is 4.74 Å². The summed E-state index contributed by atoms with van der Waals surface area (Å²) in [6.45, 7) is 3.94. The Bertz CT molecular complexity index is 597. The Hall–Kier alpha value is -0.340. The second-order valence-corrected chi connectivity index (χ2v) is 8.62. The molecule has 0 amide bonds. The van der Waals surface area contributed by atoms with Crippen LogP contribution in [0.3, 0.4) is 0 Å². The van der Waals surface area contributed by atoms with Crippen LogP contribution in [0.2, 0.25) is 0 Å². The molecule has 2 aliphatic carbocycles. The van der Waals surface area contributed by atoms with Crippen molar-refractivity contribution in [2.45, 2.75) is 57.7 Å². The third-order valence-electron chi connectivity index (χ3n) is 6.03. The second kappa shape index (κ2) is 7.50. The van der Waals surface area contributed by atoms with Crippen LogP contribution in [0.15, 0.2) is 17.1 Å². The molecule has 0 radical (unpaired) electrons. The van der Waals surface area contributed by atoms with Gasteiger partial charge in [0.1, 0.15) is 0 Å². The molecule has 0 bridgehead atoms. The van der Waals surface area contributed by atoms with Crippen molar-refractivity contribution in [1.82, 2.24) is 10.6 Å². The highest BCUT2D eigenvalue weighted by Gasteiger charge is 2.65. The molecule has 3 aliphatic rings. The monoisotopic (exact) mass is 461 g/mol. The smallest absolute Gasteiger partial charge is 0.191 e. The van der Waals surface area contributed by atoms with E-state index in [4.69, 9.17) is 4.74 Å². The molecule has 3 unspecified atom stereocenters. The molecule has 1 saturated heterocycles. The Labute approximate surface area is 165 Å². The summed E-state index contributed by atoms with van der Waals surface area (Å²) < 4.78 is 6.07. The molecule has 134 valence electrons. The zero-order chi connectivity index (χ0) is 15.9. The average molecular weight is 461 g/mol. The van der Waals surface area contributed by atoms with Crippen molar-refractivity contribution in [3.63, 3.8) is 0 Å². The summed E-state index contributed by atoms with van der Waals surface area (Å²) in [5, 5.41) is 7.24. The van der Waals surface area contributed by atoms with Crippen molar-refractivity contribution >= 4 is 41.3 Å². The quantitative estimate of drug-likeness (QED) is 0.410. The number of fused-ring (bicyclic) bond motifs is 2. The molecular weight excluding hydrogens is 433 g/mol. The van der Waals surface area contributed by atoms with Crippen molar-refractivity contribution in [3.8, 4) is 0 Å². The fourth-order valence-electron chi connectivity index (χ4n) is 5.00. The molecule has 1 aromatic rings. The van der Waals surface area contributed by atoms with E-state index in [1.54, 1.807) is 0 Å². The maximum atomic E-state index is 6.07. The second-order valence-electron chi connectivity index (χ2n) is 7.24. The number of thiophene rings is 1. The lowest BCUT2D eigenvalue weighted by Crippen LogP contribution is -2.69. The van der Waals surface area contributed by atoms with E-state index in [0.717, 1.165) is 19.1 Å². The molecule has 2 heterocycles. The van der Waals surface area contributed by atoms with Gasteiger partial charge in [0.15, 0.2) is 5.96 Å². The highest BCUT2D eigenvalue weighted by molar-refractivity contribution is 14.0. The van der Waals surface area contributed by atoms with Crippen molar-refractivity contribution in [1.29, 1.82) is 0 Å². The number of nitrogens with zero attached hydrogens (tertiary/aromatic N) is 1. The average Bonchev–Trinajstić information content (AvgIpc) is 3.26. The Kier molecular flexibility index (Phi) is 5.76. The lowest BCUT2D eigenvalue weighted by Gasteiger charge is -2.57. The zero-order valence-corrected chi connectivity index (χ0v) is 17.7. The maximum Gasteiger partial charge on any atom is 0.191 e. The molecule has 6 heteroatoms. The number of hydrogen-bond acceptors (Lipinski definition) is 3. The van der Waals surface area contributed by atoms with Gasteiger partial charge in [0.05, 0.1) is 12.6 Å². The van der Waals surface area contributed by atoms with Gasteiger partial charge in [-0.25, -0.2) is 0 Å². The first kappa shape index (κ1) is 18.5. The Morgan fingerprint density at radius 3 is 2.83 bits per heavy atom. The van der Waals surface area contributed by atoms with Gasteiger partial charge in [-0.05, 0) is 38.3 Å². The van der Waals surface area contributed by atoms with Crippen LogP contribution in [0, 0.1) is 18.3 Å². The van der Waals surface area contributed by atoms with E-state index in [0.29, 0.717) is 23.5 Å². The molecule has 0 aromatic carbocycles. The minimum Gasteiger partial charge on any atom is -0.377 e. The van der Waals surface area contributed by atoms with Crippen LogP contribution in [0.4, 0.5) is 0 Å². The number of ether oxygens (including phenoxy) is 1.